The summed E-state index contributed by atoms with van der Waals surface area (Å²) in [6.45, 7) is 4.77. The predicted molar refractivity (Wildman–Crippen MR) is 210 cm³/mol. The Morgan fingerprint density at radius 2 is 0.960 bits per heavy atom. The van der Waals surface area contributed by atoms with Crippen molar-refractivity contribution in [2.75, 3.05) is 0 Å². The van der Waals surface area contributed by atoms with Gasteiger partial charge in [0.05, 0.1) is 11.4 Å². The molecule has 0 atom stereocenters. The van der Waals surface area contributed by atoms with Crippen molar-refractivity contribution in [2.24, 2.45) is 0 Å². The average Bonchev–Trinajstić information content (AvgIpc) is 3.69. The van der Waals surface area contributed by atoms with Crippen LogP contribution in [0.2, 0.25) is 0 Å². The second-order valence-electron chi connectivity index (χ2n) is 13.4. The summed E-state index contributed by atoms with van der Waals surface area (Å²) >= 11 is 1.93. The number of benzene rings is 6. The van der Waals surface area contributed by atoms with E-state index in [1.165, 1.54) is 54.3 Å². The molecule has 0 unspecified atom stereocenters. The quantitative estimate of drug-likeness (QED) is 0.178. The first-order chi connectivity index (χ1) is 24.5. The van der Waals surface area contributed by atoms with Crippen LogP contribution in [-0.2, 0) is 5.41 Å². The van der Waals surface area contributed by atoms with Gasteiger partial charge in [0.1, 0.15) is 0 Å². The van der Waals surface area contributed by atoms with Gasteiger partial charge in [-0.15, -0.1) is 11.3 Å². The van der Waals surface area contributed by atoms with Gasteiger partial charge in [-0.05, 0) is 51.6 Å². The molecular formula is C47H34N2S. The van der Waals surface area contributed by atoms with E-state index in [4.69, 9.17) is 9.97 Å². The van der Waals surface area contributed by atoms with Gasteiger partial charge in [-0.25, -0.2) is 9.97 Å². The summed E-state index contributed by atoms with van der Waals surface area (Å²) in [7, 11) is 0. The van der Waals surface area contributed by atoms with E-state index in [1.807, 2.05) is 35.6 Å². The molecule has 2 heterocycles. The van der Waals surface area contributed by atoms with Gasteiger partial charge >= 0.3 is 0 Å². The molecule has 0 saturated heterocycles. The van der Waals surface area contributed by atoms with Crippen molar-refractivity contribution in [3.8, 4) is 77.7 Å². The second-order valence-corrected chi connectivity index (χ2v) is 14.4. The molecular weight excluding hydrogens is 625 g/mol. The van der Waals surface area contributed by atoms with E-state index in [2.05, 4.69) is 159 Å². The Hall–Kier alpha value is -5.90. The second kappa shape index (κ2) is 12.2. The highest BCUT2D eigenvalue weighted by molar-refractivity contribution is 7.17. The molecule has 0 N–H and O–H groups in total. The molecule has 1 aliphatic carbocycles. The molecule has 3 heteroatoms. The van der Waals surface area contributed by atoms with Crippen LogP contribution in [0.5, 0.6) is 0 Å². The Bertz CT molecular complexity index is 2420. The fraction of sp³-hybridized carbons (Fsp3) is 0.0638. The van der Waals surface area contributed by atoms with Crippen LogP contribution in [0.4, 0.5) is 0 Å². The lowest BCUT2D eigenvalue weighted by molar-refractivity contribution is 0.674. The van der Waals surface area contributed by atoms with Gasteiger partial charge in [0.2, 0.25) is 0 Å². The Labute approximate surface area is 297 Å². The molecule has 0 radical (unpaired) electrons. The molecule has 0 bridgehead atoms. The zero-order valence-electron chi connectivity index (χ0n) is 28.0. The van der Waals surface area contributed by atoms with Crippen LogP contribution in [0.3, 0.4) is 0 Å². The molecule has 2 aromatic heterocycles. The number of fused-ring (bicyclic) bond motifs is 3. The number of aromatic nitrogens is 2. The van der Waals surface area contributed by atoms with E-state index in [-0.39, 0.29) is 5.41 Å². The molecule has 0 fully saturated rings. The third-order valence-electron chi connectivity index (χ3n) is 9.86. The van der Waals surface area contributed by atoms with Crippen LogP contribution < -0.4 is 0 Å². The maximum absolute atomic E-state index is 5.14. The number of hydrogen-bond donors (Lipinski definition) is 0. The van der Waals surface area contributed by atoms with Crippen LogP contribution in [0.25, 0.3) is 77.7 Å². The maximum atomic E-state index is 5.14. The lowest BCUT2D eigenvalue weighted by Gasteiger charge is -2.21. The number of nitrogens with zero attached hydrogens (tertiary/aromatic N) is 2. The SMILES string of the molecule is CC1(C)c2cc(-c3ccccc3)ccc2-c2c1sc(-c1cccc(-c3cc(-c4ccccc4)nc(-c4ccccc4)n3)c1)c2-c1ccccc1. The highest BCUT2D eigenvalue weighted by Gasteiger charge is 2.40. The first-order valence-electron chi connectivity index (χ1n) is 17.1. The molecule has 1 aliphatic rings. The molecule has 0 spiro atoms. The highest BCUT2D eigenvalue weighted by atomic mass is 32.1. The van der Waals surface area contributed by atoms with Crippen molar-refractivity contribution in [1.29, 1.82) is 0 Å². The minimum atomic E-state index is -0.138. The third-order valence-corrected chi connectivity index (χ3v) is 11.4. The van der Waals surface area contributed by atoms with Gasteiger partial charge in [-0.2, -0.15) is 0 Å². The molecule has 0 saturated carbocycles. The van der Waals surface area contributed by atoms with E-state index < -0.39 is 0 Å². The van der Waals surface area contributed by atoms with Gasteiger partial charge in [0.25, 0.3) is 0 Å². The van der Waals surface area contributed by atoms with Crippen molar-refractivity contribution in [1.82, 2.24) is 9.97 Å². The zero-order chi connectivity index (χ0) is 33.7. The van der Waals surface area contributed by atoms with Crippen LogP contribution in [-0.4, -0.2) is 9.97 Å². The summed E-state index contributed by atoms with van der Waals surface area (Å²) in [6.07, 6.45) is 0. The molecule has 238 valence electrons. The van der Waals surface area contributed by atoms with Crippen LogP contribution in [0.1, 0.15) is 24.3 Å². The molecule has 9 rings (SSSR count). The molecule has 8 aromatic rings. The monoisotopic (exact) mass is 658 g/mol. The van der Waals surface area contributed by atoms with E-state index in [9.17, 15) is 0 Å². The van der Waals surface area contributed by atoms with Gasteiger partial charge in [0.15, 0.2) is 5.82 Å². The smallest absolute Gasteiger partial charge is 0.160 e. The summed E-state index contributed by atoms with van der Waals surface area (Å²) < 4.78 is 0. The van der Waals surface area contributed by atoms with E-state index in [0.29, 0.717) is 0 Å². The zero-order valence-corrected chi connectivity index (χ0v) is 28.8. The fourth-order valence-corrected chi connectivity index (χ4v) is 8.76. The molecule has 50 heavy (non-hydrogen) atoms. The lowest BCUT2D eigenvalue weighted by atomic mass is 9.85. The van der Waals surface area contributed by atoms with Gasteiger partial charge in [-0.1, -0.05) is 166 Å². The summed E-state index contributed by atoms with van der Waals surface area (Å²) in [5.41, 5.74) is 15.1. The number of hydrogen-bond acceptors (Lipinski definition) is 3. The minimum Gasteiger partial charge on any atom is -0.228 e. The third kappa shape index (κ3) is 5.19. The van der Waals surface area contributed by atoms with Crippen molar-refractivity contribution >= 4 is 11.3 Å². The highest BCUT2D eigenvalue weighted by Crippen LogP contribution is 2.59. The maximum Gasteiger partial charge on any atom is 0.160 e. The Balaban J connectivity index is 1.22. The molecule has 6 aromatic carbocycles. The van der Waals surface area contributed by atoms with Crippen molar-refractivity contribution < 1.29 is 0 Å². The number of thiophene rings is 1. The fourth-order valence-electron chi connectivity index (χ4n) is 7.31. The van der Waals surface area contributed by atoms with Gasteiger partial charge < -0.3 is 0 Å². The normalized spacial score (nSPS) is 12.8. The van der Waals surface area contributed by atoms with Crippen molar-refractivity contribution in [2.45, 2.75) is 19.3 Å². The minimum absolute atomic E-state index is 0.138. The lowest BCUT2D eigenvalue weighted by Crippen LogP contribution is -2.13. The standard InChI is InChI=1S/C47H34N2S/c1-47(2)39-29-35(31-16-7-3-8-17-31)26-27-38(39)43-42(33-20-11-5-12-21-33)44(50-45(43)47)37-25-15-24-36(28-37)41-30-40(32-18-9-4-10-19-32)48-46(49-41)34-22-13-6-14-23-34/h3-30H,1-2H3. The topological polar surface area (TPSA) is 25.8 Å². The summed E-state index contributed by atoms with van der Waals surface area (Å²) in [5, 5.41) is 0. The van der Waals surface area contributed by atoms with Crippen molar-refractivity contribution in [3.63, 3.8) is 0 Å². The van der Waals surface area contributed by atoms with Crippen molar-refractivity contribution in [3.05, 3.63) is 180 Å². The van der Waals surface area contributed by atoms with E-state index in [0.717, 1.165) is 33.9 Å². The Morgan fingerprint density at radius 3 is 1.62 bits per heavy atom. The van der Waals surface area contributed by atoms with E-state index >= 15 is 0 Å². The summed E-state index contributed by atoms with van der Waals surface area (Å²) in [4.78, 5) is 12.9. The predicted octanol–water partition coefficient (Wildman–Crippen LogP) is 12.8. The van der Waals surface area contributed by atoms with Crippen LogP contribution >= 0.6 is 11.3 Å². The van der Waals surface area contributed by atoms with Gasteiger partial charge in [-0.3, -0.25) is 0 Å². The Kier molecular flexibility index (Phi) is 7.37. The molecule has 0 amide bonds. The Morgan fingerprint density at radius 1 is 0.420 bits per heavy atom. The van der Waals surface area contributed by atoms with E-state index in [1.54, 1.807) is 0 Å². The molecule has 2 nitrogen and oxygen atoms in total. The van der Waals surface area contributed by atoms with Crippen LogP contribution in [0.15, 0.2) is 170 Å². The average molecular weight is 659 g/mol. The van der Waals surface area contributed by atoms with Crippen LogP contribution in [0, 0.1) is 0 Å². The largest absolute Gasteiger partial charge is 0.228 e. The van der Waals surface area contributed by atoms with Gasteiger partial charge in [0, 0.05) is 43.0 Å². The number of rotatable bonds is 6. The first kappa shape index (κ1) is 30.2. The summed E-state index contributed by atoms with van der Waals surface area (Å²) in [5.74, 6) is 0.723. The molecule has 0 aliphatic heterocycles. The first-order valence-corrected chi connectivity index (χ1v) is 17.9. The summed E-state index contributed by atoms with van der Waals surface area (Å²) in [6, 6.07) is 60.3.